The number of nitrogens with zero attached hydrogens (tertiary/aromatic N) is 3. The van der Waals surface area contributed by atoms with Crippen molar-refractivity contribution in [3.63, 3.8) is 0 Å². The van der Waals surface area contributed by atoms with Gasteiger partial charge in [0, 0.05) is 19.2 Å². The normalized spacial score (nSPS) is 14.9. The van der Waals surface area contributed by atoms with E-state index in [1.165, 1.54) is 12.8 Å². The number of rotatable bonds is 5. The molecule has 0 atom stereocenters. The lowest BCUT2D eigenvalue weighted by Crippen LogP contribution is -2.27. The molecule has 1 aliphatic rings. The minimum atomic E-state index is 0.678. The monoisotopic (exact) mass is 221 g/mol. The molecule has 3 N–H and O–H groups in total. The highest BCUT2D eigenvalue weighted by Gasteiger charge is 2.24. The number of nitrogens with two attached hydrogens (primary N) is 1. The van der Waals surface area contributed by atoms with Crippen LogP contribution in [0.5, 0.6) is 0 Å². The summed E-state index contributed by atoms with van der Waals surface area (Å²) in [6, 6.07) is 1.90. The molecular weight excluding hydrogens is 202 g/mol. The summed E-state index contributed by atoms with van der Waals surface area (Å²) in [5, 5.41) is 0. The smallest absolute Gasteiger partial charge is 0.145 e. The molecule has 0 bridgehead atoms. The standard InChI is InChI=1S/C11H19N5/c1-3-16(7-9-4-5-9)11-6-10(15-12)13-8(2)14-11/h6,9H,3-5,7,12H2,1-2H3,(H,13,14,15). The quantitative estimate of drug-likeness (QED) is 0.579. The number of nitrogens with one attached hydrogen (secondary N) is 1. The minimum Gasteiger partial charge on any atom is -0.356 e. The number of nitrogen functional groups attached to an aromatic ring is 1. The molecule has 0 aromatic carbocycles. The second-order valence-electron chi connectivity index (χ2n) is 4.28. The van der Waals surface area contributed by atoms with Crippen LogP contribution in [0.3, 0.4) is 0 Å². The van der Waals surface area contributed by atoms with Gasteiger partial charge in [0.1, 0.15) is 17.5 Å². The molecule has 1 aromatic heterocycles. The van der Waals surface area contributed by atoms with Gasteiger partial charge in [0.2, 0.25) is 0 Å². The summed E-state index contributed by atoms with van der Waals surface area (Å²) in [5.74, 6) is 8.63. The van der Waals surface area contributed by atoms with Crippen molar-refractivity contribution in [2.24, 2.45) is 11.8 Å². The third kappa shape index (κ3) is 2.61. The van der Waals surface area contributed by atoms with Crippen LogP contribution in [0, 0.1) is 12.8 Å². The summed E-state index contributed by atoms with van der Waals surface area (Å²) in [4.78, 5) is 10.9. The maximum absolute atomic E-state index is 5.38. The topological polar surface area (TPSA) is 67.1 Å². The fourth-order valence-electron chi connectivity index (χ4n) is 1.78. The number of hydrogen-bond donors (Lipinski definition) is 2. The van der Waals surface area contributed by atoms with Crippen LogP contribution in [0.15, 0.2) is 6.07 Å². The van der Waals surface area contributed by atoms with Crippen LogP contribution < -0.4 is 16.2 Å². The first-order valence-corrected chi connectivity index (χ1v) is 5.80. The van der Waals surface area contributed by atoms with E-state index >= 15 is 0 Å². The van der Waals surface area contributed by atoms with Gasteiger partial charge in [0.25, 0.3) is 0 Å². The van der Waals surface area contributed by atoms with Gasteiger partial charge in [0.05, 0.1) is 0 Å². The predicted octanol–water partition coefficient (Wildman–Crippen LogP) is 1.31. The summed E-state index contributed by atoms with van der Waals surface area (Å²) < 4.78 is 0. The first kappa shape index (κ1) is 11.1. The van der Waals surface area contributed by atoms with Crippen LogP contribution in [0.4, 0.5) is 11.6 Å². The van der Waals surface area contributed by atoms with Gasteiger partial charge in [-0.25, -0.2) is 15.8 Å². The lowest BCUT2D eigenvalue weighted by Gasteiger charge is -2.22. The Morgan fingerprint density at radius 3 is 2.81 bits per heavy atom. The van der Waals surface area contributed by atoms with Crippen LogP contribution in [0.25, 0.3) is 0 Å². The van der Waals surface area contributed by atoms with Gasteiger partial charge in [-0.2, -0.15) is 0 Å². The summed E-state index contributed by atoms with van der Waals surface area (Å²) in [5.41, 5.74) is 2.58. The Balaban J connectivity index is 2.17. The van der Waals surface area contributed by atoms with Gasteiger partial charge >= 0.3 is 0 Å². The SMILES string of the molecule is CCN(CC1CC1)c1cc(NN)nc(C)n1. The van der Waals surface area contributed by atoms with E-state index in [1.54, 1.807) is 0 Å². The van der Waals surface area contributed by atoms with Gasteiger partial charge in [-0.1, -0.05) is 0 Å². The molecule has 1 aliphatic carbocycles. The largest absolute Gasteiger partial charge is 0.356 e. The van der Waals surface area contributed by atoms with E-state index in [0.717, 1.165) is 30.6 Å². The first-order valence-electron chi connectivity index (χ1n) is 5.80. The summed E-state index contributed by atoms with van der Waals surface area (Å²) in [7, 11) is 0. The van der Waals surface area contributed by atoms with Crippen molar-refractivity contribution in [1.29, 1.82) is 0 Å². The van der Waals surface area contributed by atoms with E-state index in [0.29, 0.717) is 5.82 Å². The van der Waals surface area contributed by atoms with Crippen molar-refractivity contribution in [3.8, 4) is 0 Å². The van der Waals surface area contributed by atoms with Crippen molar-refractivity contribution < 1.29 is 0 Å². The summed E-state index contributed by atoms with van der Waals surface area (Å²) in [6.45, 7) is 6.10. The molecule has 0 aliphatic heterocycles. The molecule has 1 fully saturated rings. The Morgan fingerprint density at radius 1 is 1.50 bits per heavy atom. The Morgan fingerprint density at radius 2 is 2.25 bits per heavy atom. The average Bonchev–Trinajstić information content (AvgIpc) is 3.08. The fourth-order valence-corrected chi connectivity index (χ4v) is 1.78. The number of anilines is 2. The molecule has 0 amide bonds. The van der Waals surface area contributed by atoms with Crippen molar-refractivity contribution in [2.75, 3.05) is 23.4 Å². The third-order valence-electron chi connectivity index (χ3n) is 2.85. The predicted molar refractivity (Wildman–Crippen MR) is 65.2 cm³/mol. The van der Waals surface area contributed by atoms with Gasteiger partial charge in [-0.05, 0) is 32.6 Å². The molecule has 0 saturated heterocycles. The molecule has 2 rings (SSSR count). The highest BCUT2D eigenvalue weighted by atomic mass is 15.3. The third-order valence-corrected chi connectivity index (χ3v) is 2.85. The zero-order valence-corrected chi connectivity index (χ0v) is 9.90. The molecule has 1 heterocycles. The summed E-state index contributed by atoms with van der Waals surface area (Å²) >= 11 is 0. The van der Waals surface area contributed by atoms with Crippen molar-refractivity contribution >= 4 is 11.6 Å². The second-order valence-corrected chi connectivity index (χ2v) is 4.28. The molecule has 0 unspecified atom stereocenters. The van der Waals surface area contributed by atoms with E-state index in [4.69, 9.17) is 5.84 Å². The number of aryl methyl sites for hydroxylation is 1. The number of hydrazine groups is 1. The van der Waals surface area contributed by atoms with Crippen molar-refractivity contribution in [1.82, 2.24) is 9.97 Å². The van der Waals surface area contributed by atoms with Crippen molar-refractivity contribution in [2.45, 2.75) is 26.7 Å². The molecule has 88 valence electrons. The van der Waals surface area contributed by atoms with Gasteiger partial charge in [0.15, 0.2) is 0 Å². The maximum Gasteiger partial charge on any atom is 0.145 e. The lowest BCUT2D eigenvalue weighted by atomic mass is 10.3. The molecule has 5 nitrogen and oxygen atoms in total. The zero-order chi connectivity index (χ0) is 11.5. The molecule has 0 radical (unpaired) electrons. The molecule has 16 heavy (non-hydrogen) atoms. The average molecular weight is 221 g/mol. The van der Waals surface area contributed by atoms with Crippen molar-refractivity contribution in [3.05, 3.63) is 11.9 Å². The molecule has 0 spiro atoms. The van der Waals surface area contributed by atoms with Crippen LogP contribution in [-0.4, -0.2) is 23.1 Å². The van der Waals surface area contributed by atoms with Gasteiger partial charge in [-0.3, -0.25) is 0 Å². The number of aromatic nitrogens is 2. The Kier molecular flexibility index (Phi) is 3.24. The minimum absolute atomic E-state index is 0.678. The fraction of sp³-hybridized carbons (Fsp3) is 0.636. The van der Waals surface area contributed by atoms with Gasteiger partial charge < -0.3 is 10.3 Å². The van der Waals surface area contributed by atoms with Gasteiger partial charge in [-0.15, -0.1) is 0 Å². The summed E-state index contributed by atoms with van der Waals surface area (Å²) in [6.07, 6.45) is 2.70. The molecule has 1 saturated carbocycles. The molecular formula is C11H19N5. The lowest BCUT2D eigenvalue weighted by molar-refractivity contribution is 0.728. The molecule has 5 heteroatoms. The van der Waals surface area contributed by atoms with Crippen LogP contribution in [-0.2, 0) is 0 Å². The van der Waals surface area contributed by atoms with E-state index in [-0.39, 0.29) is 0 Å². The Hall–Kier alpha value is -1.36. The maximum atomic E-state index is 5.38. The zero-order valence-electron chi connectivity index (χ0n) is 9.90. The molecule has 1 aromatic rings. The van der Waals surface area contributed by atoms with E-state index in [2.05, 4.69) is 27.2 Å². The highest BCUT2D eigenvalue weighted by molar-refractivity contribution is 5.48. The van der Waals surface area contributed by atoms with Crippen LogP contribution in [0.2, 0.25) is 0 Å². The highest BCUT2D eigenvalue weighted by Crippen LogP contribution is 2.31. The van der Waals surface area contributed by atoms with E-state index < -0.39 is 0 Å². The Labute approximate surface area is 96.0 Å². The van der Waals surface area contributed by atoms with E-state index in [9.17, 15) is 0 Å². The van der Waals surface area contributed by atoms with Crippen LogP contribution in [0.1, 0.15) is 25.6 Å². The van der Waals surface area contributed by atoms with Crippen LogP contribution >= 0.6 is 0 Å². The first-order chi connectivity index (χ1) is 7.72. The Bertz CT molecular complexity index is 361. The number of hydrogen-bond acceptors (Lipinski definition) is 5. The van der Waals surface area contributed by atoms with E-state index in [1.807, 2.05) is 13.0 Å². The second kappa shape index (κ2) is 4.65.